The molecule has 0 atom stereocenters. The summed E-state index contributed by atoms with van der Waals surface area (Å²) in [5.41, 5.74) is 6.22. The average molecular weight is 298 g/mol. The van der Waals surface area contributed by atoms with E-state index in [1.165, 1.54) is 12.3 Å². The molecule has 0 radical (unpaired) electrons. The van der Waals surface area contributed by atoms with Crippen LogP contribution in [-0.2, 0) is 14.2 Å². The van der Waals surface area contributed by atoms with Gasteiger partial charge in [0.25, 0.3) is 0 Å². The SMILES string of the molecule is CCOC(=O)c1cc(N)cnc1OCCOCCCOC. The van der Waals surface area contributed by atoms with E-state index in [4.69, 9.17) is 24.7 Å². The normalized spacial score (nSPS) is 10.4. The van der Waals surface area contributed by atoms with Crippen LogP contribution < -0.4 is 10.5 Å². The van der Waals surface area contributed by atoms with Crippen molar-refractivity contribution in [3.63, 3.8) is 0 Å². The number of anilines is 1. The highest BCUT2D eigenvalue weighted by molar-refractivity contribution is 5.92. The molecule has 0 saturated heterocycles. The number of hydrogen-bond acceptors (Lipinski definition) is 7. The second kappa shape index (κ2) is 9.95. The van der Waals surface area contributed by atoms with Gasteiger partial charge in [-0.25, -0.2) is 9.78 Å². The lowest BCUT2D eigenvalue weighted by molar-refractivity contribution is 0.0513. The molecule has 0 aliphatic heterocycles. The summed E-state index contributed by atoms with van der Waals surface area (Å²) in [5, 5.41) is 0. The lowest BCUT2D eigenvalue weighted by Crippen LogP contribution is -2.13. The molecule has 0 amide bonds. The van der Waals surface area contributed by atoms with Gasteiger partial charge >= 0.3 is 5.97 Å². The van der Waals surface area contributed by atoms with Crippen LogP contribution in [0.25, 0.3) is 0 Å². The van der Waals surface area contributed by atoms with Gasteiger partial charge in [-0.1, -0.05) is 0 Å². The minimum atomic E-state index is -0.506. The van der Waals surface area contributed by atoms with Crippen LogP contribution in [0.4, 0.5) is 5.69 Å². The highest BCUT2D eigenvalue weighted by Crippen LogP contribution is 2.19. The van der Waals surface area contributed by atoms with Gasteiger partial charge in [0.2, 0.25) is 5.88 Å². The van der Waals surface area contributed by atoms with Gasteiger partial charge in [0.05, 0.1) is 25.1 Å². The molecule has 2 N–H and O–H groups in total. The van der Waals surface area contributed by atoms with Crippen LogP contribution in [0.1, 0.15) is 23.7 Å². The van der Waals surface area contributed by atoms with E-state index in [1.807, 2.05) is 0 Å². The van der Waals surface area contributed by atoms with Crippen LogP contribution in [0.2, 0.25) is 0 Å². The van der Waals surface area contributed by atoms with Crippen LogP contribution in [0, 0.1) is 0 Å². The van der Waals surface area contributed by atoms with E-state index < -0.39 is 5.97 Å². The molecule has 0 unspecified atom stereocenters. The van der Waals surface area contributed by atoms with Gasteiger partial charge in [0.15, 0.2) is 0 Å². The molecule has 0 saturated carbocycles. The first-order valence-corrected chi connectivity index (χ1v) is 6.81. The van der Waals surface area contributed by atoms with E-state index in [9.17, 15) is 4.79 Å². The van der Waals surface area contributed by atoms with Crippen molar-refractivity contribution in [2.24, 2.45) is 0 Å². The van der Waals surface area contributed by atoms with Gasteiger partial charge in [0.1, 0.15) is 12.2 Å². The molecule has 21 heavy (non-hydrogen) atoms. The Hall–Kier alpha value is -1.86. The highest BCUT2D eigenvalue weighted by Gasteiger charge is 2.15. The Bertz CT molecular complexity index is 439. The van der Waals surface area contributed by atoms with E-state index in [-0.39, 0.29) is 24.7 Å². The molecule has 1 aromatic heterocycles. The summed E-state index contributed by atoms with van der Waals surface area (Å²) in [6.07, 6.45) is 2.25. The fourth-order valence-electron chi connectivity index (χ4n) is 1.54. The highest BCUT2D eigenvalue weighted by atomic mass is 16.5. The quantitative estimate of drug-likeness (QED) is 0.513. The first-order valence-electron chi connectivity index (χ1n) is 6.81. The number of methoxy groups -OCH3 is 1. The number of nitrogens with zero attached hydrogens (tertiary/aromatic N) is 1. The molecule has 1 aromatic rings. The molecule has 118 valence electrons. The summed E-state index contributed by atoms with van der Waals surface area (Å²) in [4.78, 5) is 15.8. The fourth-order valence-corrected chi connectivity index (χ4v) is 1.54. The molecule has 0 fully saturated rings. The van der Waals surface area contributed by atoms with E-state index in [0.717, 1.165) is 6.42 Å². The number of esters is 1. The summed E-state index contributed by atoms with van der Waals surface area (Å²) >= 11 is 0. The zero-order chi connectivity index (χ0) is 15.5. The van der Waals surface area contributed by atoms with Gasteiger partial charge < -0.3 is 24.7 Å². The van der Waals surface area contributed by atoms with Crippen molar-refractivity contribution in [1.82, 2.24) is 4.98 Å². The third kappa shape index (κ3) is 6.42. The molecule has 7 nitrogen and oxygen atoms in total. The first-order chi connectivity index (χ1) is 10.2. The number of carbonyl (C=O) groups excluding carboxylic acids is 1. The summed E-state index contributed by atoms with van der Waals surface area (Å²) in [5.74, 6) is -0.309. The molecule has 0 bridgehead atoms. The van der Waals surface area contributed by atoms with Crippen LogP contribution in [0.15, 0.2) is 12.3 Å². The van der Waals surface area contributed by atoms with Crippen molar-refractivity contribution >= 4 is 11.7 Å². The molecule has 0 aromatic carbocycles. The number of rotatable bonds is 10. The number of aromatic nitrogens is 1. The van der Waals surface area contributed by atoms with Crippen molar-refractivity contribution < 1.29 is 23.7 Å². The third-order valence-electron chi connectivity index (χ3n) is 2.47. The lowest BCUT2D eigenvalue weighted by atomic mass is 10.2. The number of hydrogen-bond donors (Lipinski definition) is 1. The Labute approximate surface area is 124 Å². The van der Waals surface area contributed by atoms with E-state index in [1.54, 1.807) is 14.0 Å². The summed E-state index contributed by atoms with van der Waals surface area (Å²) in [7, 11) is 1.65. The van der Waals surface area contributed by atoms with Crippen LogP contribution in [0.5, 0.6) is 5.88 Å². The molecular formula is C14H22N2O5. The largest absolute Gasteiger partial charge is 0.475 e. The summed E-state index contributed by atoms with van der Waals surface area (Å²) < 4.78 is 20.6. The maximum atomic E-state index is 11.8. The Morgan fingerprint density at radius 1 is 1.29 bits per heavy atom. The average Bonchev–Trinajstić information content (AvgIpc) is 2.47. The summed E-state index contributed by atoms with van der Waals surface area (Å²) in [6, 6.07) is 1.49. The molecule has 7 heteroatoms. The van der Waals surface area contributed by atoms with Crippen molar-refractivity contribution in [3.8, 4) is 5.88 Å². The third-order valence-corrected chi connectivity index (χ3v) is 2.47. The van der Waals surface area contributed by atoms with E-state index >= 15 is 0 Å². The number of pyridine rings is 1. The fraction of sp³-hybridized carbons (Fsp3) is 0.571. The number of nitrogen functional groups attached to an aromatic ring is 1. The van der Waals surface area contributed by atoms with E-state index in [0.29, 0.717) is 25.5 Å². The maximum absolute atomic E-state index is 11.8. The topological polar surface area (TPSA) is 92.9 Å². The lowest BCUT2D eigenvalue weighted by Gasteiger charge is -2.10. The monoisotopic (exact) mass is 298 g/mol. The van der Waals surface area contributed by atoms with Crippen molar-refractivity contribution in [2.45, 2.75) is 13.3 Å². The molecule has 0 aliphatic carbocycles. The molecule has 1 heterocycles. The standard InChI is InChI=1S/C14H22N2O5/c1-3-20-14(17)12-9-11(15)10-16-13(12)21-8-7-19-6-4-5-18-2/h9-10H,3-8,15H2,1-2H3. The van der Waals surface area contributed by atoms with Crippen LogP contribution in [-0.4, -0.2) is 51.1 Å². The minimum Gasteiger partial charge on any atom is -0.475 e. The number of nitrogens with two attached hydrogens (primary N) is 1. The Morgan fingerprint density at radius 3 is 2.81 bits per heavy atom. The zero-order valence-corrected chi connectivity index (χ0v) is 12.5. The Morgan fingerprint density at radius 2 is 2.10 bits per heavy atom. The minimum absolute atomic E-state index is 0.197. The van der Waals surface area contributed by atoms with Gasteiger partial charge in [-0.2, -0.15) is 0 Å². The van der Waals surface area contributed by atoms with Crippen LogP contribution >= 0.6 is 0 Å². The second-order valence-electron chi connectivity index (χ2n) is 4.15. The predicted octanol–water partition coefficient (Wildman–Crippen LogP) is 1.27. The van der Waals surface area contributed by atoms with Crippen molar-refractivity contribution in [2.75, 3.05) is 45.9 Å². The van der Waals surface area contributed by atoms with Gasteiger partial charge in [0, 0.05) is 20.3 Å². The molecule has 0 spiro atoms. The maximum Gasteiger partial charge on any atom is 0.343 e. The van der Waals surface area contributed by atoms with Crippen molar-refractivity contribution in [3.05, 3.63) is 17.8 Å². The van der Waals surface area contributed by atoms with Gasteiger partial charge in [-0.3, -0.25) is 0 Å². The zero-order valence-electron chi connectivity index (χ0n) is 12.5. The Balaban J connectivity index is 2.45. The molecule has 1 rings (SSSR count). The Kier molecular flexibility index (Phi) is 8.15. The molecule has 0 aliphatic rings. The molecular weight excluding hydrogens is 276 g/mol. The van der Waals surface area contributed by atoms with Crippen LogP contribution in [0.3, 0.4) is 0 Å². The van der Waals surface area contributed by atoms with Crippen molar-refractivity contribution in [1.29, 1.82) is 0 Å². The first kappa shape index (κ1) is 17.2. The predicted molar refractivity (Wildman–Crippen MR) is 77.4 cm³/mol. The second-order valence-corrected chi connectivity index (χ2v) is 4.15. The number of carbonyl (C=O) groups is 1. The van der Waals surface area contributed by atoms with E-state index in [2.05, 4.69) is 4.98 Å². The van der Waals surface area contributed by atoms with Gasteiger partial charge in [-0.15, -0.1) is 0 Å². The number of ether oxygens (including phenoxy) is 4. The smallest absolute Gasteiger partial charge is 0.343 e. The van der Waals surface area contributed by atoms with Gasteiger partial charge in [-0.05, 0) is 19.4 Å². The summed E-state index contributed by atoms with van der Waals surface area (Å²) in [6.45, 7) is 3.94.